The second-order valence-electron chi connectivity index (χ2n) is 4.98. The quantitative estimate of drug-likeness (QED) is 0.868. The average Bonchev–Trinajstić information content (AvgIpc) is 2.49. The first-order chi connectivity index (χ1) is 10.6. The molecule has 0 aliphatic heterocycles. The number of aromatic nitrogens is 2. The number of carbonyl (C=O) groups excluding carboxylic acids is 1. The molecule has 0 aliphatic carbocycles. The zero-order chi connectivity index (χ0) is 15.9. The van der Waals surface area contributed by atoms with Crippen molar-refractivity contribution >= 4 is 5.91 Å². The van der Waals surface area contributed by atoms with Crippen molar-refractivity contribution in [3.8, 4) is 5.75 Å². The molecular weight excluding hydrogens is 282 g/mol. The minimum absolute atomic E-state index is 0.145. The second kappa shape index (κ2) is 7.40. The van der Waals surface area contributed by atoms with E-state index in [9.17, 15) is 9.59 Å². The van der Waals surface area contributed by atoms with Crippen LogP contribution in [-0.4, -0.2) is 28.1 Å². The average molecular weight is 301 g/mol. The molecule has 0 radical (unpaired) electrons. The van der Waals surface area contributed by atoms with E-state index in [1.54, 1.807) is 6.92 Å². The van der Waals surface area contributed by atoms with Gasteiger partial charge in [-0.15, -0.1) is 0 Å². The SMILES string of the molecule is Cc1cccc(OC(C)C(=O)NCCn2cnccc2=O)c1. The molecule has 1 aromatic heterocycles. The van der Waals surface area contributed by atoms with Crippen molar-refractivity contribution in [1.29, 1.82) is 0 Å². The van der Waals surface area contributed by atoms with Crippen LogP contribution in [0.25, 0.3) is 0 Å². The number of benzene rings is 1. The van der Waals surface area contributed by atoms with Gasteiger partial charge in [0.25, 0.3) is 11.5 Å². The van der Waals surface area contributed by atoms with E-state index in [1.165, 1.54) is 23.2 Å². The van der Waals surface area contributed by atoms with Gasteiger partial charge in [0, 0.05) is 25.4 Å². The molecule has 1 N–H and O–H groups in total. The number of rotatable bonds is 6. The van der Waals surface area contributed by atoms with E-state index in [1.807, 2.05) is 31.2 Å². The standard InChI is InChI=1S/C16H19N3O3/c1-12-4-3-5-14(10-12)22-13(2)16(21)18-8-9-19-11-17-7-6-15(19)20/h3-7,10-11,13H,8-9H2,1-2H3,(H,18,21). The van der Waals surface area contributed by atoms with Gasteiger partial charge in [0.2, 0.25) is 0 Å². The maximum absolute atomic E-state index is 12.0. The summed E-state index contributed by atoms with van der Waals surface area (Å²) in [6, 6.07) is 8.91. The van der Waals surface area contributed by atoms with Gasteiger partial charge in [-0.05, 0) is 31.5 Å². The van der Waals surface area contributed by atoms with Crippen molar-refractivity contribution in [3.05, 3.63) is 58.8 Å². The van der Waals surface area contributed by atoms with Crippen molar-refractivity contribution in [2.75, 3.05) is 6.54 Å². The third-order valence-electron chi connectivity index (χ3n) is 3.12. The largest absolute Gasteiger partial charge is 0.481 e. The minimum atomic E-state index is -0.604. The number of hydrogen-bond donors (Lipinski definition) is 1. The summed E-state index contributed by atoms with van der Waals surface area (Å²) in [6.45, 7) is 4.36. The van der Waals surface area contributed by atoms with E-state index in [2.05, 4.69) is 10.3 Å². The molecule has 0 spiro atoms. The van der Waals surface area contributed by atoms with Crippen LogP contribution in [-0.2, 0) is 11.3 Å². The van der Waals surface area contributed by atoms with Crippen LogP contribution in [0, 0.1) is 6.92 Å². The van der Waals surface area contributed by atoms with Gasteiger partial charge in [-0.1, -0.05) is 12.1 Å². The monoisotopic (exact) mass is 301 g/mol. The summed E-state index contributed by atoms with van der Waals surface area (Å²) in [5.74, 6) is 0.435. The predicted octanol–water partition coefficient (Wildman–Crippen LogP) is 1.14. The summed E-state index contributed by atoms with van der Waals surface area (Å²) in [7, 11) is 0. The molecule has 1 amide bonds. The van der Waals surface area contributed by atoms with Gasteiger partial charge in [-0.3, -0.25) is 14.2 Å². The van der Waals surface area contributed by atoms with E-state index in [0.717, 1.165) is 5.56 Å². The number of nitrogens with zero attached hydrogens (tertiary/aromatic N) is 2. The Labute approximate surface area is 128 Å². The number of aryl methyl sites for hydroxylation is 1. The van der Waals surface area contributed by atoms with Gasteiger partial charge < -0.3 is 10.1 Å². The third-order valence-corrected chi connectivity index (χ3v) is 3.12. The van der Waals surface area contributed by atoms with Crippen LogP contribution in [0.1, 0.15) is 12.5 Å². The highest BCUT2D eigenvalue weighted by molar-refractivity contribution is 5.80. The molecule has 0 bridgehead atoms. The van der Waals surface area contributed by atoms with Gasteiger partial charge in [-0.2, -0.15) is 0 Å². The zero-order valence-electron chi connectivity index (χ0n) is 12.7. The number of amides is 1. The summed E-state index contributed by atoms with van der Waals surface area (Å²) >= 11 is 0. The van der Waals surface area contributed by atoms with Gasteiger partial charge in [0.05, 0.1) is 6.33 Å². The van der Waals surface area contributed by atoms with Crippen LogP contribution in [0.4, 0.5) is 0 Å². The van der Waals surface area contributed by atoms with Crippen molar-refractivity contribution < 1.29 is 9.53 Å². The number of nitrogens with one attached hydrogen (secondary N) is 1. The fourth-order valence-electron chi connectivity index (χ4n) is 1.94. The highest BCUT2D eigenvalue weighted by atomic mass is 16.5. The smallest absolute Gasteiger partial charge is 0.260 e. The van der Waals surface area contributed by atoms with Crippen molar-refractivity contribution in [1.82, 2.24) is 14.9 Å². The third kappa shape index (κ3) is 4.44. The first-order valence-electron chi connectivity index (χ1n) is 7.08. The predicted molar refractivity (Wildman–Crippen MR) is 82.8 cm³/mol. The van der Waals surface area contributed by atoms with Crippen molar-refractivity contribution in [3.63, 3.8) is 0 Å². The molecule has 22 heavy (non-hydrogen) atoms. The van der Waals surface area contributed by atoms with E-state index < -0.39 is 6.10 Å². The Balaban J connectivity index is 1.82. The number of ether oxygens (including phenoxy) is 1. The molecule has 0 aliphatic rings. The number of hydrogen-bond acceptors (Lipinski definition) is 4. The molecule has 2 aromatic rings. The molecule has 0 saturated carbocycles. The second-order valence-corrected chi connectivity index (χ2v) is 4.98. The Morgan fingerprint density at radius 2 is 2.23 bits per heavy atom. The lowest BCUT2D eigenvalue weighted by molar-refractivity contribution is -0.127. The van der Waals surface area contributed by atoms with Crippen LogP contribution in [0.3, 0.4) is 0 Å². The summed E-state index contributed by atoms with van der Waals surface area (Å²) in [4.78, 5) is 27.3. The van der Waals surface area contributed by atoms with Crippen molar-refractivity contribution in [2.45, 2.75) is 26.5 Å². The van der Waals surface area contributed by atoms with Crippen LogP contribution < -0.4 is 15.6 Å². The van der Waals surface area contributed by atoms with Crippen LogP contribution >= 0.6 is 0 Å². The Morgan fingerprint density at radius 3 is 2.95 bits per heavy atom. The van der Waals surface area contributed by atoms with Gasteiger partial charge >= 0.3 is 0 Å². The molecule has 116 valence electrons. The molecule has 6 nitrogen and oxygen atoms in total. The fourth-order valence-corrected chi connectivity index (χ4v) is 1.94. The minimum Gasteiger partial charge on any atom is -0.481 e. The van der Waals surface area contributed by atoms with Crippen LogP contribution in [0.15, 0.2) is 47.7 Å². The van der Waals surface area contributed by atoms with E-state index in [4.69, 9.17) is 4.74 Å². The lowest BCUT2D eigenvalue weighted by Gasteiger charge is -2.15. The summed E-state index contributed by atoms with van der Waals surface area (Å²) < 4.78 is 7.03. The summed E-state index contributed by atoms with van der Waals surface area (Å²) in [5.41, 5.74) is 0.925. The summed E-state index contributed by atoms with van der Waals surface area (Å²) in [6.07, 6.45) is 2.28. The molecule has 0 saturated heterocycles. The van der Waals surface area contributed by atoms with Gasteiger partial charge in [0.1, 0.15) is 5.75 Å². The molecule has 0 fully saturated rings. The van der Waals surface area contributed by atoms with Crippen molar-refractivity contribution in [2.24, 2.45) is 0 Å². The zero-order valence-corrected chi connectivity index (χ0v) is 12.7. The lowest BCUT2D eigenvalue weighted by Crippen LogP contribution is -2.38. The molecule has 1 atom stereocenters. The molecule has 6 heteroatoms. The molecule has 1 heterocycles. The Kier molecular flexibility index (Phi) is 5.30. The Hall–Kier alpha value is -2.63. The van der Waals surface area contributed by atoms with Gasteiger partial charge in [0.15, 0.2) is 6.10 Å². The Morgan fingerprint density at radius 1 is 1.41 bits per heavy atom. The maximum Gasteiger partial charge on any atom is 0.260 e. The highest BCUT2D eigenvalue weighted by Gasteiger charge is 2.14. The van der Waals surface area contributed by atoms with E-state index >= 15 is 0 Å². The maximum atomic E-state index is 12.0. The topological polar surface area (TPSA) is 73.2 Å². The summed E-state index contributed by atoms with van der Waals surface area (Å²) in [5, 5.41) is 2.74. The highest BCUT2D eigenvalue weighted by Crippen LogP contribution is 2.14. The molecule has 2 rings (SSSR count). The van der Waals surface area contributed by atoms with E-state index in [0.29, 0.717) is 18.8 Å². The van der Waals surface area contributed by atoms with Gasteiger partial charge in [-0.25, -0.2) is 4.98 Å². The Bertz CT molecular complexity index is 697. The molecule has 1 aromatic carbocycles. The first kappa shape index (κ1) is 15.8. The molecule has 1 unspecified atom stereocenters. The number of carbonyl (C=O) groups is 1. The first-order valence-corrected chi connectivity index (χ1v) is 7.08. The molecular formula is C16H19N3O3. The normalized spacial score (nSPS) is 11.7. The van der Waals surface area contributed by atoms with Crippen LogP contribution in [0.2, 0.25) is 0 Å². The van der Waals surface area contributed by atoms with Crippen LogP contribution in [0.5, 0.6) is 5.75 Å². The van der Waals surface area contributed by atoms with E-state index in [-0.39, 0.29) is 11.5 Å². The fraction of sp³-hybridized carbons (Fsp3) is 0.312. The lowest BCUT2D eigenvalue weighted by atomic mass is 10.2.